The highest BCUT2D eigenvalue weighted by molar-refractivity contribution is 6.00. The predicted molar refractivity (Wildman–Crippen MR) is 117 cm³/mol. The van der Waals surface area contributed by atoms with E-state index in [-0.39, 0.29) is 11.7 Å². The zero-order chi connectivity index (χ0) is 21.1. The average molecular weight is 407 g/mol. The van der Waals surface area contributed by atoms with Crippen LogP contribution in [0.5, 0.6) is 5.75 Å². The maximum Gasteiger partial charge on any atom is 0.246 e. The van der Waals surface area contributed by atoms with E-state index < -0.39 is 0 Å². The molecule has 4 nitrogen and oxygen atoms in total. The van der Waals surface area contributed by atoms with Gasteiger partial charge in [0.25, 0.3) is 0 Å². The second-order valence-electron chi connectivity index (χ2n) is 7.77. The largest absolute Gasteiger partial charge is 0.496 e. The number of benzene rings is 2. The highest BCUT2D eigenvalue weighted by Crippen LogP contribution is 2.37. The number of likely N-dealkylation sites (tertiary alicyclic amines) is 1. The highest BCUT2D eigenvalue weighted by Gasteiger charge is 2.17. The van der Waals surface area contributed by atoms with Crippen molar-refractivity contribution in [1.29, 1.82) is 0 Å². The first-order chi connectivity index (χ1) is 14.6. The molecule has 3 aromatic rings. The molecular formula is C25H26FNO3. The third kappa shape index (κ3) is 4.11. The molecule has 1 aliphatic heterocycles. The summed E-state index contributed by atoms with van der Waals surface area (Å²) in [5, 5.41) is 0.896. The molecule has 4 rings (SSSR count). The maximum atomic E-state index is 13.3. The lowest BCUT2D eigenvalue weighted by Crippen LogP contribution is -2.30. The Morgan fingerprint density at radius 3 is 2.47 bits per heavy atom. The van der Waals surface area contributed by atoms with Crippen molar-refractivity contribution < 1.29 is 18.3 Å². The van der Waals surface area contributed by atoms with E-state index in [2.05, 4.69) is 0 Å². The van der Waals surface area contributed by atoms with Gasteiger partial charge in [-0.1, -0.05) is 25.0 Å². The Morgan fingerprint density at radius 2 is 1.80 bits per heavy atom. The van der Waals surface area contributed by atoms with E-state index in [1.54, 1.807) is 31.6 Å². The van der Waals surface area contributed by atoms with Gasteiger partial charge in [0.15, 0.2) is 0 Å². The van der Waals surface area contributed by atoms with Gasteiger partial charge in [-0.25, -0.2) is 4.39 Å². The van der Waals surface area contributed by atoms with Crippen LogP contribution in [-0.2, 0) is 4.79 Å². The molecule has 30 heavy (non-hydrogen) atoms. The topological polar surface area (TPSA) is 42.7 Å². The van der Waals surface area contributed by atoms with Crippen LogP contribution in [-0.4, -0.2) is 31.0 Å². The zero-order valence-corrected chi connectivity index (χ0v) is 17.4. The fraction of sp³-hybridized carbons (Fsp3) is 0.320. The molecule has 0 aliphatic carbocycles. The van der Waals surface area contributed by atoms with Crippen molar-refractivity contribution in [3.63, 3.8) is 0 Å². The minimum absolute atomic E-state index is 0.0440. The van der Waals surface area contributed by atoms with Gasteiger partial charge < -0.3 is 14.1 Å². The number of nitrogens with zero attached hydrogens (tertiary/aromatic N) is 1. The summed E-state index contributed by atoms with van der Waals surface area (Å²) in [6, 6.07) is 10.2. The lowest BCUT2D eigenvalue weighted by Gasteiger charge is -2.19. The quantitative estimate of drug-likeness (QED) is 0.494. The lowest BCUT2D eigenvalue weighted by molar-refractivity contribution is -0.125. The molecule has 0 saturated carbocycles. The summed E-state index contributed by atoms with van der Waals surface area (Å²) in [6.07, 6.45) is 7.86. The Morgan fingerprint density at radius 1 is 1.10 bits per heavy atom. The van der Waals surface area contributed by atoms with E-state index in [4.69, 9.17) is 9.15 Å². The number of allylic oxidation sites excluding steroid dienone is 1. The van der Waals surface area contributed by atoms with Crippen LogP contribution in [0.15, 0.2) is 53.2 Å². The van der Waals surface area contributed by atoms with Gasteiger partial charge >= 0.3 is 0 Å². The Hall–Kier alpha value is -3.08. The molecule has 1 fully saturated rings. The van der Waals surface area contributed by atoms with Gasteiger partial charge in [-0.3, -0.25) is 4.79 Å². The highest BCUT2D eigenvalue weighted by atomic mass is 19.1. The minimum atomic E-state index is -0.278. The number of rotatable bonds is 4. The number of carbonyl (C=O) groups is 1. The van der Waals surface area contributed by atoms with Crippen molar-refractivity contribution in [3.05, 3.63) is 60.1 Å². The SMILES string of the molecule is COc1cc2occ(-c3ccc(F)cc3)c2cc1/C(C)=C/C(=O)N1CCCCCC1. The van der Waals surface area contributed by atoms with Crippen LogP contribution in [0.4, 0.5) is 4.39 Å². The van der Waals surface area contributed by atoms with E-state index in [9.17, 15) is 9.18 Å². The molecule has 1 aliphatic rings. The van der Waals surface area contributed by atoms with Crippen LogP contribution in [0.3, 0.4) is 0 Å². The van der Waals surface area contributed by atoms with E-state index in [1.165, 1.54) is 25.0 Å². The summed E-state index contributed by atoms with van der Waals surface area (Å²) in [5.41, 5.74) is 4.11. The van der Waals surface area contributed by atoms with Crippen molar-refractivity contribution in [1.82, 2.24) is 4.90 Å². The number of ether oxygens (including phenoxy) is 1. The van der Waals surface area contributed by atoms with E-state index >= 15 is 0 Å². The molecule has 0 N–H and O–H groups in total. The fourth-order valence-corrected chi connectivity index (χ4v) is 4.03. The Kier molecular flexibility index (Phi) is 5.88. The molecule has 0 radical (unpaired) electrons. The van der Waals surface area contributed by atoms with Crippen LogP contribution in [0, 0.1) is 5.82 Å². The average Bonchev–Trinajstić information content (AvgIpc) is 2.96. The number of furan rings is 1. The van der Waals surface area contributed by atoms with Gasteiger partial charge in [-0.2, -0.15) is 0 Å². The molecule has 0 unspecified atom stereocenters. The molecule has 2 aromatic carbocycles. The number of hydrogen-bond acceptors (Lipinski definition) is 3. The summed E-state index contributed by atoms with van der Waals surface area (Å²) in [6.45, 7) is 3.56. The van der Waals surface area contributed by atoms with E-state index in [0.29, 0.717) is 11.3 Å². The van der Waals surface area contributed by atoms with E-state index in [0.717, 1.165) is 53.6 Å². The number of methoxy groups -OCH3 is 1. The van der Waals surface area contributed by atoms with Gasteiger partial charge in [-0.15, -0.1) is 0 Å². The van der Waals surface area contributed by atoms with Crippen LogP contribution < -0.4 is 4.74 Å². The van der Waals surface area contributed by atoms with Crippen molar-refractivity contribution in [3.8, 4) is 16.9 Å². The summed E-state index contributed by atoms with van der Waals surface area (Å²) >= 11 is 0. The number of fused-ring (bicyclic) bond motifs is 1. The monoisotopic (exact) mass is 407 g/mol. The standard InChI is InChI=1S/C25H26FNO3/c1-17(13-25(28)27-11-5-3-4-6-12-27)20-14-21-22(18-7-9-19(26)10-8-18)16-30-24(21)15-23(20)29-2/h7-10,13-16H,3-6,11-12H2,1-2H3/b17-13+. The molecule has 1 aromatic heterocycles. The minimum Gasteiger partial charge on any atom is -0.496 e. The fourth-order valence-electron chi connectivity index (χ4n) is 4.03. The van der Waals surface area contributed by atoms with Crippen LogP contribution >= 0.6 is 0 Å². The molecule has 1 saturated heterocycles. The summed E-state index contributed by atoms with van der Waals surface area (Å²) in [4.78, 5) is 14.8. The molecule has 2 heterocycles. The summed E-state index contributed by atoms with van der Waals surface area (Å²) < 4.78 is 24.6. The molecule has 156 valence electrons. The smallest absolute Gasteiger partial charge is 0.246 e. The summed E-state index contributed by atoms with van der Waals surface area (Å²) in [5.74, 6) is 0.419. The molecule has 1 amide bonds. The van der Waals surface area contributed by atoms with Gasteiger partial charge in [-0.05, 0) is 49.1 Å². The molecule has 0 bridgehead atoms. The maximum absolute atomic E-state index is 13.3. The third-order valence-corrected chi connectivity index (χ3v) is 5.73. The third-order valence-electron chi connectivity index (χ3n) is 5.73. The second-order valence-corrected chi connectivity index (χ2v) is 7.77. The number of amides is 1. The van der Waals surface area contributed by atoms with Gasteiger partial charge in [0, 0.05) is 41.7 Å². The van der Waals surface area contributed by atoms with Crippen LogP contribution in [0.2, 0.25) is 0 Å². The first-order valence-electron chi connectivity index (χ1n) is 10.4. The first-order valence-corrected chi connectivity index (χ1v) is 10.4. The molecule has 0 spiro atoms. The molecule has 5 heteroatoms. The van der Waals surface area contributed by atoms with Crippen molar-refractivity contribution >= 4 is 22.4 Å². The Labute approximate surface area is 175 Å². The lowest BCUT2D eigenvalue weighted by atomic mass is 9.99. The van der Waals surface area contributed by atoms with Crippen LogP contribution in [0.1, 0.15) is 38.2 Å². The molecule has 0 atom stereocenters. The normalized spacial score (nSPS) is 15.3. The van der Waals surface area contributed by atoms with Crippen molar-refractivity contribution in [2.24, 2.45) is 0 Å². The Bertz CT molecular complexity index is 1070. The van der Waals surface area contributed by atoms with Crippen molar-refractivity contribution in [2.75, 3.05) is 20.2 Å². The van der Waals surface area contributed by atoms with E-state index in [1.807, 2.05) is 24.0 Å². The Balaban J connectivity index is 1.72. The number of hydrogen-bond donors (Lipinski definition) is 0. The number of carbonyl (C=O) groups excluding carboxylic acids is 1. The molecular weight excluding hydrogens is 381 g/mol. The number of halogens is 1. The van der Waals surface area contributed by atoms with Gasteiger partial charge in [0.05, 0.1) is 13.4 Å². The van der Waals surface area contributed by atoms with Gasteiger partial charge in [0.2, 0.25) is 5.91 Å². The summed E-state index contributed by atoms with van der Waals surface area (Å²) in [7, 11) is 1.61. The van der Waals surface area contributed by atoms with Crippen LogP contribution in [0.25, 0.3) is 27.7 Å². The predicted octanol–water partition coefficient (Wildman–Crippen LogP) is 6.05. The first kappa shape index (κ1) is 20.2. The van der Waals surface area contributed by atoms with Gasteiger partial charge in [0.1, 0.15) is 17.1 Å². The van der Waals surface area contributed by atoms with Crippen molar-refractivity contribution in [2.45, 2.75) is 32.6 Å². The zero-order valence-electron chi connectivity index (χ0n) is 17.4. The second kappa shape index (κ2) is 8.74.